The van der Waals surface area contributed by atoms with Crippen molar-refractivity contribution >= 4 is 39.8 Å². The van der Waals surface area contributed by atoms with E-state index in [-0.39, 0.29) is 11.9 Å². The number of carbonyl (C=O) groups is 2. The number of anilines is 1. The van der Waals surface area contributed by atoms with Crippen LogP contribution in [0.15, 0.2) is 18.2 Å². The van der Waals surface area contributed by atoms with Gasteiger partial charge in [0.25, 0.3) is 5.91 Å². The van der Waals surface area contributed by atoms with Crippen molar-refractivity contribution in [1.82, 2.24) is 0 Å². The molecule has 5 nitrogen and oxygen atoms in total. The number of benzene rings is 1. The largest absolute Gasteiger partial charge is 0.481 e. The number of hydrogen-bond donors (Lipinski definition) is 1. The Kier molecular flexibility index (Phi) is 7.42. The summed E-state index contributed by atoms with van der Waals surface area (Å²) in [6, 6.07) is 5.27. The molecule has 0 aliphatic heterocycles. The average Bonchev–Trinajstić information content (AvgIpc) is 3.06. The zero-order chi connectivity index (χ0) is 21.8. The molecule has 1 aromatic carbocycles. The van der Waals surface area contributed by atoms with Crippen molar-refractivity contribution in [3.63, 3.8) is 0 Å². The molecule has 1 aliphatic rings. The second kappa shape index (κ2) is 9.84. The molecule has 0 saturated heterocycles. The zero-order valence-corrected chi connectivity index (χ0v) is 19.4. The van der Waals surface area contributed by atoms with Crippen LogP contribution in [-0.4, -0.2) is 24.6 Å². The predicted molar refractivity (Wildman–Crippen MR) is 121 cm³/mol. The van der Waals surface area contributed by atoms with Gasteiger partial charge in [0.2, 0.25) is 0 Å². The number of aryl methyl sites for hydroxylation is 1. The quantitative estimate of drug-likeness (QED) is 0.542. The van der Waals surface area contributed by atoms with Gasteiger partial charge < -0.3 is 14.8 Å². The van der Waals surface area contributed by atoms with Crippen LogP contribution in [-0.2, 0) is 22.4 Å². The van der Waals surface area contributed by atoms with E-state index in [4.69, 9.17) is 21.1 Å². The summed E-state index contributed by atoms with van der Waals surface area (Å²) in [5, 5.41) is 4.09. The molecule has 7 heteroatoms. The van der Waals surface area contributed by atoms with E-state index in [1.165, 1.54) is 16.2 Å². The van der Waals surface area contributed by atoms with Gasteiger partial charge in [-0.3, -0.25) is 4.79 Å². The summed E-state index contributed by atoms with van der Waals surface area (Å²) >= 11 is 7.48. The van der Waals surface area contributed by atoms with Crippen molar-refractivity contribution in [3.05, 3.63) is 44.8 Å². The van der Waals surface area contributed by atoms with Crippen LogP contribution >= 0.6 is 22.9 Å². The lowest BCUT2D eigenvalue weighted by molar-refractivity contribution is -0.122. The molecule has 0 fully saturated rings. The number of nitrogens with one attached hydrogen (secondary N) is 1. The van der Waals surface area contributed by atoms with E-state index >= 15 is 0 Å². The molecule has 1 heterocycles. The van der Waals surface area contributed by atoms with Gasteiger partial charge in [-0.25, -0.2) is 4.79 Å². The second-order valence-corrected chi connectivity index (χ2v) is 9.15. The second-order valence-electron chi connectivity index (χ2n) is 7.60. The fraction of sp³-hybridized carbons (Fsp3) is 0.478. The molecule has 0 radical (unpaired) electrons. The Morgan fingerprint density at radius 1 is 1.33 bits per heavy atom. The summed E-state index contributed by atoms with van der Waals surface area (Å²) in [6.07, 6.45) is 3.20. The van der Waals surface area contributed by atoms with Gasteiger partial charge in [-0.05, 0) is 75.3 Å². The third-order valence-corrected chi connectivity index (χ3v) is 6.88. The first kappa shape index (κ1) is 22.6. The SMILES string of the molecule is CCOC(=O)c1c(NC(=O)[C@@H](C)Oc2ccc(Cl)cc2C)sc2c1CC[C@H](CC)C2. The van der Waals surface area contributed by atoms with E-state index in [0.29, 0.717) is 33.9 Å². The van der Waals surface area contributed by atoms with Crippen molar-refractivity contribution in [3.8, 4) is 5.75 Å². The summed E-state index contributed by atoms with van der Waals surface area (Å²) in [7, 11) is 0. The molecule has 0 saturated carbocycles. The third-order valence-electron chi connectivity index (χ3n) is 5.47. The smallest absolute Gasteiger partial charge is 0.341 e. The fourth-order valence-electron chi connectivity index (χ4n) is 3.71. The molecule has 162 valence electrons. The number of ether oxygens (including phenoxy) is 2. The molecule has 1 aliphatic carbocycles. The van der Waals surface area contributed by atoms with Crippen LogP contribution in [0.5, 0.6) is 5.75 Å². The van der Waals surface area contributed by atoms with Crippen LogP contribution in [0.25, 0.3) is 0 Å². The van der Waals surface area contributed by atoms with Crippen LogP contribution in [0.3, 0.4) is 0 Å². The normalized spacial score (nSPS) is 16.5. The maximum atomic E-state index is 12.9. The lowest BCUT2D eigenvalue weighted by atomic mass is 9.85. The number of amides is 1. The van der Waals surface area contributed by atoms with Gasteiger partial charge >= 0.3 is 5.97 Å². The lowest BCUT2D eigenvalue weighted by Gasteiger charge is -2.21. The number of halogens is 1. The average molecular weight is 450 g/mol. The van der Waals surface area contributed by atoms with Gasteiger partial charge in [0.1, 0.15) is 10.8 Å². The molecule has 1 amide bonds. The number of thiophene rings is 1. The molecular formula is C23H28ClNO4S. The summed E-state index contributed by atoms with van der Waals surface area (Å²) in [6.45, 7) is 7.84. The Hall–Kier alpha value is -2.05. The van der Waals surface area contributed by atoms with Crippen molar-refractivity contribution in [2.24, 2.45) is 5.92 Å². The first-order valence-corrected chi connectivity index (χ1v) is 11.6. The van der Waals surface area contributed by atoms with Gasteiger partial charge in [-0.2, -0.15) is 0 Å². The highest BCUT2D eigenvalue weighted by atomic mass is 35.5. The highest BCUT2D eigenvalue weighted by Crippen LogP contribution is 2.41. The minimum Gasteiger partial charge on any atom is -0.481 e. The Labute approximate surface area is 186 Å². The number of fused-ring (bicyclic) bond motifs is 1. The van der Waals surface area contributed by atoms with Crippen LogP contribution < -0.4 is 10.1 Å². The predicted octanol–water partition coefficient (Wildman–Crippen LogP) is 5.81. The Bertz CT molecular complexity index is 940. The minimum absolute atomic E-state index is 0.295. The number of esters is 1. The van der Waals surface area contributed by atoms with Gasteiger partial charge in [0, 0.05) is 9.90 Å². The lowest BCUT2D eigenvalue weighted by Crippen LogP contribution is -2.30. The fourth-order valence-corrected chi connectivity index (χ4v) is 5.29. The van der Waals surface area contributed by atoms with Crippen LogP contribution in [0.2, 0.25) is 5.02 Å². The molecule has 0 spiro atoms. The number of carbonyl (C=O) groups excluding carboxylic acids is 2. The third kappa shape index (κ3) is 4.98. The molecule has 2 atom stereocenters. The molecule has 1 aromatic heterocycles. The molecule has 2 aromatic rings. The topological polar surface area (TPSA) is 64.6 Å². The van der Waals surface area contributed by atoms with Crippen molar-refractivity contribution < 1.29 is 19.1 Å². The first-order chi connectivity index (χ1) is 14.3. The molecule has 1 N–H and O–H groups in total. The molecule has 0 unspecified atom stereocenters. The molecule has 30 heavy (non-hydrogen) atoms. The highest BCUT2D eigenvalue weighted by Gasteiger charge is 2.30. The molecule has 3 rings (SSSR count). The minimum atomic E-state index is -0.734. The van der Waals surface area contributed by atoms with E-state index in [0.717, 1.165) is 36.8 Å². The summed E-state index contributed by atoms with van der Waals surface area (Å²) < 4.78 is 11.1. The van der Waals surface area contributed by atoms with E-state index in [1.54, 1.807) is 32.0 Å². The maximum Gasteiger partial charge on any atom is 0.341 e. The molecular weight excluding hydrogens is 422 g/mol. The van der Waals surface area contributed by atoms with Gasteiger partial charge in [0.05, 0.1) is 12.2 Å². The van der Waals surface area contributed by atoms with E-state index in [1.807, 2.05) is 6.92 Å². The van der Waals surface area contributed by atoms with E-state index < -0.39 is 6.10 Å². The highest BCUT2D eigenvalue weighted by molar-refractivity contribution is 7.17. The van der Waals surface area contributed by atoms with Crippen molar-refractivity contribution in [1.29, 1.82) is 0 Å². The zero-order valence-electron chi connectivity index (χ0n) is 17.8. The van der Waals surface area contributed by atoms with E-state index in [2.05, 4.69) is 12.2 Å². The number of hydrogen-bond acceptors (Lipinski definition) is 5. The van der Waals surface area contributed by atoms with Gasteiger partial charge in [-0.15, -0.1) is 11.3 Å². The van der Waals surface area contributed by atoms with Gasteiger partial charge in [0.15, 0.2) is 6.10 Å². The maximum absolute atomic E-state index is 12.9. The Morgan fingerprint density at radius 2 is 2.10 bits per heavy atom. The summed E-state index contributed by atoms with van der Waals surface area (Å²) in [5.41, 5.74) is 2.39. The molecule has 0 bridgehead atoms. The van der Waals surface area contributed by atoms with Gasteiger partial charge in [-0.1, -0.05) is 24.9 Å². The first-order valence-electron chi connectivity index (χ1n) is 10.4. The van der Waals surface area contributed by atoms with Crippen LogP contribution in [0.1, 0.15) is 60.0 Å². The summed E-state index contributed by atoms with van der Waals surface area (Å²) in [5.74, 6) is 0.539. The van der Waals surface area contributed by atoms with Crippen molar-refractivity contribution in [2.45, 2.75) is 59.5 Å². The van der Waals surface area contributed by atoms with Crippen molar-refractivity contribution in [2.75, 3.05) is 11.9 Å². The monoisotopic (exact) mass is 449 g/mol. The van der Waals surface area contributed by atoms with Crippen LogP contribution in [0, 0.1) is 12.8 Å². The number of rotatable bonds is 7. The van der Waals surface area contributed by atoms with Crippen LogP contribution in [0.4, 0.5) is 5.00 Å². The van der Waals surface area contributed by atoms with E-state index in [9.17, 15) is 9.59 Å². The standard InChI is InChI=1S/C23H28ClNO4S/c1-5-15-7-9-17-19(12-15)30-22(20(17)23(27)28-6-2)25-21(26)14(4)29-18-10-8-16(24)11-13(18)3/h8,10-11,14-15H,5-7,9,12H2,1-4H3,(H,25,26)/t14-,15+/m1/s1. The summed E-state index contributed by atoms with van der Waals surface area (Å²) in [4.78, 5) is 26.7. The Balaban J connectivity index is 1.81. The Morgan fingerprint density at radius 3 is 2.77 bits per heavy atom.